The van der Waals surface area contributed by atoms with E-state index >= 15 is 0 Å². The molecule has 0 saturated heterocycles. The fraction of sp³-hybridized carbons (Fsp3) is 0.818. The average molecular weight is 248 g/mol. The maximum atomic E-state index is 11.3. The number of thioether (sulfide) groups is 1. The molecule has 0 aromatic rings. The first-order chi connectivity index (χ1) is 7.41. The fourth-order valence-corrected chi connectivity index (χ4v) is 1.88. The third-order valence-electron chi connectivity index (χ3n) is 1.76. The summed E-state index contributed by atoms with van der Waals surface area (Å²) in [6, 6.07) is 0. The molecular weight excluding hydrogens is 228 g/mol. The Morgan fingerprint density at radius 2 is 1.56 bits per heavy atom. The monoisotopic (exact) mass is 248 g/mol. The van der Waals surface area contributed by atoms with Gasteiger partial charge in [-0.3, -0.25) is 9.59 Å². The van der Waals surface area contributed by atoms with Crippen molar-refractivity contribution in [3.05, 3.63) is 0 Å². The molecule has 0 saturated carbocycles. The number of hydrogen-bond donors (Lipinski definition) is 0. The maximum Gasteiger partial charge on any atom is 0.315 e. The van der Waals surface area contributed by atoms with Crippen LogP contribution in [-0.4, -0.2) is 35.7 Å². The van der Waals surface area contributed by atoms with Crippen molar-refractivity contribution in [2.45, 2.75) is 38.9 Å². The van der Waals surface area contributed by atoms with Crippen LogP contribution in [0.3, 0.4) is 0 Å². The molecule has 16 heavy (non-hydrogen) atoms. The second-order valence-corrected chi connectivity index (χ2v) is 5.52. The van der Waals surface area contributed by atoms with Crippen LogP contribution in [0.1, 0.15) is 34.1 Å². The third-order valence-corrected chi connectivity index (χ3v) is 3.07. The van der Waals surface area contributed by atoms with Gasteiger partial charge >= 0.3 is 11.9 Å². The van der Waals surface area contributed by atoms with Gasteiger partial charge < -0.3 is 9.47 Å². The van der Waals surface area contributed by atoms with Crippen molar-refractivity contribution in [1.82, 2.24) is 0 Å². The predicted molar refractivity (Wildman–Crippen MR) is 64.4 cm³/mol. The number of rotatable bonds is 7. The van der Waals surface area contributed by atoms with E-state index in [-0.39, 0.29) is 22.4 Å². The zero-order valence-corrected chi connectivity index (χ0v) is 11.2. The Hall–Kier alpha value is -0.710. The Bertz CT molecular complexity index is 238. The minimum Gasteiger partial charge on any atom is -0.466 e. The van der Waals surface area contributed by atoms with Gasteiger partial charge in [0, 0.05) is 4.75 Å². The van der Waals surface area contributed by atoms with Crippen LogP contribution < -0.4 is 0 Å². The second kappa shape index (κ2) is 7.54. The molecule has 4 nitrogen and oxygen atoms in total. The molecule has 0 bridgehead atoms. The highest BCUT2D eigenvalue weighted by Gasteiger charge is 2.24. The van der Waals surface area contributed by atoms with Crippen molar-refractivity contribution in [2.24, 2.45) is 0 Å². The van der Waals surface area contributed by atoms with E-state index in [9.17, 15) is 9.59 Å². The summed E-state index contributed by atoms with van der Waals surface area (Å²) in [4.78, 5) is 22.4. The number of carbonyl (C=O) groups is 2. The third kappa shape index (κ3) is 7.56. The number of ether oxygens (including phenoxy) is 2. The molecule has 0 radical (unpaired) electrons. The Labute approximate surface area is 101 Å². The normalized spacial score (nSPS) is 11.0. The molecule has 5 heteroatoms. The summed E-state index contributed by atoms with van der Waals surface area (Å²) in [5, 5.41) is 0. The van der Waals surface area contributed by atoms with Gasteiger partial charge in [-0.15, -0.1) is 11.8 Å². The van der Waals surface area contributed by atoms with Crippen molar-refractivity contribution in [3.8, 4) is 0 Å². The first kappa shape index (κ1) is 15.3. The van der Waals surface area contributed by atoms with E-state index < -0.39 is 0 Å². The number of hydrogen-bond acceptors (Lipinski definition) is 5. The van der Waals surface area contributed by atoms with Crippen molar-refractivity contribution in [3.63, 3.8) is 0 Å². The minimum atomic E-state index is -0.307. The molecule has 0 unspecified atom stereocenters. The lowest BCUT2D eigenvalue weighted by molar-refractivity contribution is -0.144. The topological polar surface area (TPSA) is 52.6 Å². The van der Waals surface area contributed by atoms with Gasteiger partial charge in [0.2, 0.25) is 0 Å². The first-order valence-corrected chi connectivity index (χ1v) is 6.35. The molecule has 0 aliphatic carbocycles. The molecule has 0 N–H and O–H groups in total. The SMILES string of the molecule is CCOC(=O)CSC(C)(C)CC(=O)OCC. The molecule has 0 amide bonds. The second-order valence-electron chi connectivity index (χ2n) is 3.84. The number of carbonyl (C=O) groups excluding carboxylic acids is 2. The molecule has 0 spiro atoms. The Morgan fingerprint density at radius 1 is 1.06 bits per heavy atom. The van der Waals surface area contributed by atoms with Crippen LogP contribution in [0.5, 0.6) is 0 Å². The van der Waals surface area contributed by atoms with Crippen LogP contribution in [0.2, 0.25) is 0 Å². The van der Waals surface area contributed by atoms with Crippen molar-refractivity contribution in [2.75, 3.05) is 19.0 Å². The lowest BCUT2D eigenvalue weighted by Crippen LogP contribution is -2.24. The summed E-state index contributed by atoms with van der Waals surface area (Å²) in [5.41, 5.74) is 0. The summed E-state index contributed by atoms with van der Waals surface area (Å²) >= 11 is 1.41. The van der Waals surface area contributed by atoms with Crippen LogP contribution in [0, 0.1) is 0 Å². The molecule has 0 atom stereocenters. The van der Waals surface area contributed by atoms with E-state index in [4.69, 9.17) is 9.47 Å². The maximum absolute atomic E-state index is 11.3. The summed E-state index contributed by atoms with van der Waals surface area (Å²) in [7, 11) is 0. The van der Waals surface area contributed by atoms with E-state index in [1.807, 2.05) is 13.8 Å². The highest BCUT2D eigenvalue weighted by molar-refractivity contribution is 8.01. The molecular formula is C11H20O4S. The number of esters is 2. The van der Waals surface area contributed by atoms with E-state index in [0.29, 0.717) is 19.6 Å². The van der Waals surface area contributed by atoms with Gasteiger partial charge in [-0.2, -0.15) is 0 Å². The highest BCUT2D eigenvalue weighted by atomic mass is 32.2. The van der Waals surface area contributed by atoms with Crippen molar-refractivity contribution >= 4 is 23.7 Å². The van der Waals surface area contributed by atoms with Crippen LogP contribution >= 0.6 is 11.8 Å². The molecule has 0 aromatic heterocycles. The highest BCUT2D eigenvalue weighted by Crippen LogP contribution is 2.28. The van der Waals surface area contributed by atoms with Crippen LogP contribution in [-0.2, 0) is 19.1 Å². The van der Waals surface area contributed by atoms with Crippen LogP contribution in [0.25, 0.3) is 0 Å². The van der Waals surface area contributed by atoms with E-state index in [1.54, 1.807) is 13.8 Å². The quantitative estimate of drug-likeness (QED) is 0.645. The Morgan fingerprint density at radius 3 is 2.06 bits per heavy atom. The van der Waals surface area contributed by atoms with E-state index in [1.165, 1.54) is 11.8 Å². The zero-order chi connectivity index (χ0) is 12.6. The summed E-state index contributed by atoms with van der Waals surface area (Å²) in [6.07, 6.45) is 0.297. The standard InChI is InChI=1S/C11H20O4S/c1-5-14-9(12)7-11(3,4)16-8-10(13)15-6-2/h5-8H2,1-4H3. The molecule has 0 heterocycles. The van der Waals surface area contributed by atoms with Crippen molar-refractivity contribution < 1.29 is 19.1 Å². The molecule has 0 aliphatic rings. The summed E-state index contributed by atoms with van der Waals surface area (Å²) in [6.45, 7) is 8.14. The van der Waals surface area contributed by atoms with Crippen LogP contribution in [0.15, 0.2) is 0 Å². The van der Waals surface area contributed by atoms with Gasteiger partial charge in [-0.25, -0.2) is 0 Å². The van der Waals surface area contributed by atoms with Gasteiger partial charge in [-0.1, -0.05) is 13.8 Å². The lowest BCUT2D eigenvalue weighted by atomic mass is 10.1. The molecule has 0 aliphatic heterocycles. The van der Waals surface area contributed by atoms with Crippen LogP contribution in [0.4, 0.5) is 0 Å². The largest absolute Gasteiger partial charge is 0.466 e. The van der Waals surface area contributed by atoms with Gasteiger partial charge in [0.15, 0.2) is 0 Å². The smallest absolute Gasteiger partial charge is 0.315 e. The minimum absolute atomic E-state index is 0.233. The lowest BCUT2D eigenvalue weighted by Gasteiger charge is -2.22. The van der Waals surface area contributed by atoms with Gasteiger partial charge in [0.25, 0.3) is 0 Å². The summed E-state index contributed by atoms with van der Waals surface area (Å²) < 4.78 is 9.37. The Balaban J connectivity index is 3.94. The summed E-state index contributed by atoms with van der Waals surface area (Å²) in [5.74, 6) is -0.214. The van der Waals surface area contributed by atoms with Gasteiger partial charge in [-0.05, 0) is 13.8 Å². The molecule has 0 rings (SSSR count). The first-order valence-electron chi connectivity index (χ1n) is 5.36. The zero-order valence-electron chi connectivity index (χ0n) is 10.4. The predicted octanol–water partition coefficient (Wildman–Crippen LogP) is 2.01. The van der Waals surface area contributed by atoms with Gasteiger partial charge in [0.1, 0.15) is 0 Å². The molecule has 0 fully saturated rings. The molecule has 94 valence electrons. The average Bonchev–Trinajstić information content (AvgIpc) is 2.15. The molecule has 0 aromatic carbocycles. The van der Waals surface area contributed by atoms with Crippen molar-refractivity contribution in [1.29, 1.82) is 0 Å². The van der Waals surface area contributed by atoms with Gasteiger partial charge in [0.05, 0.1) is 25.4 Å². The van der Waals surface area contributed by atoms with E-state index in [0.717, 1.165) is 0 Å². The Kier molecular flexibility index (Phi) is 7.21. The fourth-order valence-electron chi connectivity index (χ4n) is 1.07. The van der Waals surface area contributed by atoms with E-state index in [2.05, 4.69) is 0 Å².